The van der Waals surface area contributed by atoms with Crippen LogP contribution in [0.25, 0.3) is 11.0 Å². The molecule has 1 aliphatic carbocycles. The Morgan fingerprint density at radius 1 is 1.00 bits per heavy atom. The lowest BCUT2D eigenvalue weighted by atomic mass is 9.95. The highest BCUT2D eigenvalue weighted by Crippen LogP contribution is 2.25. The maximum atomic E-state index is 12.7. The minimum absolute atomic E-state index is 0.0350. The Kier molecular flexibility index (Phi) is 4.79. The average Bonchev–Trinajstić information content (AvgIpc) is 2.62. The normalized spacial score (nSPS) is 20.9. The molecule has 3 rings (SSSR count). The smallest absolute Gasteiger partial charge is 0.332 e. The molecule has 0 aliphatic heterocycles. The van der Waals surface area contributed by atoms with Crippen LogP contribution >= 0.6 is 11.6 Å². The van der Waals surface area contributed by atoms with Gasteiger partial charge in [0.15, 0.2) is 0 Å². The molecule has 2 heterocycles. The molecular weight excluding hydrogens is 360 g/mol. The molecule has 140 valence electrons. The molecule has 26 heavy (non-hydrogen) atoms. The standard InChI is InChI=1S/C17H21ClN4O4/c1-20-14-12(16(25)22(3)17(26)21(14)2)13(23)11(15(20)24)8-19-10-6-4-9(18)5-7-10/h8-10,23H,4-7H2,1-3H3. The maximum absolute atomic E-state index is 12.7. The van der Waals surface area contributed by atoms with Crippen LogP contribution in [0.5, 0.6) is 5.75 Å². The van der Waals surface area contributed by atoms with Gasteiger partial charge in [0, 0.05) is 32.7 Å². The van der Waals surface area contributed by atoms with Crippen LogP contribution < -0.4 is 16.8 Å². The fourth-order valence-corrected chi connectivity index (χ4v) is 3.68. The summed E-state index contributed by atoms with van der Waals surface area (Å²) in [5.74, 6) is -0.450. The Morgan fingerprint density at radius 3 is 2.23 bits per heavy atom. The molecule has 9 heteroatoms. The first-order chi connectivity index (χ1) is 12.2. The zero-order valence-electron chi connectivity index (χ0n) is 14.9. The summed E-state index contributed by atoms with van der Waals surface area (Å²) in [6, 6.07) is 0.0350. The molecule has 1 saturated carbocycles. The second kappa shape index (κ2) is 6.75. The number of aromatic hydroxyl groups is 1. The van der Waals surface area contributed by atoms with E-state index in [9.17, 15) is 19.5 Å². The fraction of sp³-hybridized carbons (Fsp3) is 0.529. The summed E-state index contributed by atoms with van der Waals surface area (Å²) in [6.45, 7) is 0. The monoisotopic (exact) mass is 380 g/mol. The van der Waals surface area contributed by atoms with Crippen LogP contribution in [0.15, 0.2) is 19.4 Å². The number of fused-ring (bicyclic) bond motifs is 1. The lowest BCUT2D eigenvalue weighted by Crippen LogP contribution is -2.40. The zero-order valence-corrected chi connectivity index (χ0v) is 15.7. The van der Waals surface area contributed by atoms with Crippen LogP contribution in [-0.2, 0) is 21.1 Å². The Bertz CT molecular complexity index is 1070. The molecule has 8 nitrogen and oxygen atoms in total. The van der Waals surface area contributed by atoms with Crippen molar-refractivity contribution in [1.29, 1.82) is 0 Å². The maximum Gasteiger partial charge on any atom is 0.332 e. The van der Waals surface area contributed by atoms with Gasteiger partial charge in [-0.1, -0.05) is 0 Å². The van der Waals surface area contributed by atoms with Crippen molar-refractivity contribution < 1.29 is 5.11 Å². The van der Waals surface area contributed by atoms with Crippen LogP contribution in [0, 0.1) is 0 Å². The van der Waals surface area contributed by atoms with E-state index in [4.69, 9.17) is 11.6 Å². The molecule has 0 saturated heterocycles. The number of aromatic nitrogens is 3. The van der Waals surface area contributed by atoms with Crippen molar-refractivity contribution in [3.63, 3.8) is 0 Å². The minimum atomic E-state index is -0.659. The Hall–Kier alpha value is -2.35. The number of aryl methyl sites for hydroxylation is 2. The Balaban J connectivity index is 2.21. The molecule has 1 aliphatic rings. The van der Waals surface area contributed by atoms with Crippen molar-refractivity contribution in [2.45, 2.75) is 37.1 Å². The second-order valence-corrected chi connectivity index (χ2v) is 7.33. The summed E-state index contributed by atoms with van der Waals surface area (Å²) < 4.78 is 3.25. The summed E-state index contributed by atoms with van der Waals surface area (Å²) >= 11 is 6.09. The van der Waals surface area contributed by atoms with Gasteiger partial charge >= 0.3 is 5.69 Å². The first-order valence-corrected chi connectivity index (χ1v) is 8.86. The van der Waals surface area contributed by atoms with Crippen molar-refractivity contribution in [1.82, 2.24) is 13.7 Å². The predicted molar refractivity (Wildman–Crippen MR) is 101 cm³/mol. The van der Waals surface area contributed by atoms with Crippen LogP contribution in [0.1, 0.15) is 31.2 Å². The van der Waals surface area contributed by atoms with E-state index in [2.05, 4.69) is 4.99 Å². The molecule has 0 aromatic carbocycles. The number of aliphatic imine (C=N–C) groups is 1. The molecule has 0 spiro atoms. The van der Waals surface area contributed by atoms with Gasteiger partial charge in [0.2, 0.25) is 0 Å². The molecule has 2 aromatic rings. The quantitative estimate of drug-likeness (QED) is 0.609. The average molecular weight is 381 g/mol. The molecule has 0 bridgehead atoms. The van der Waals surface area contributed by atoms with E-state index in [-0.39, 0.29) is 28.0 Å². The summed E-state index contributed by atoms with van der Waals surface area (Å²) in [6.07, 6.45) is 4.67. The van der Waals surface area contributed by atoms with E-state index in [0.29, 0.717) is 0 Å². The zero-order chi connectivity index (χ0) is 19.2. The van der Waals surface area contributed by atoms with Crippen LogP contribution in [0.3, 0.4) is 0 Å². The van der Waals surface area contributed by atoms with Gasteiger partial charge < -0.3 is 5.11 Å². The van der Waals surface area contributed by atoms with E-state index in [0.717, 1.165) is 30.3 Å². The van der Waals surface area contributed by atoms with Crippen LogP contribution in [0.4, 0.5) is 0 Å². The number of nitrogens with zero attached hydrogens (tertiary/aromatic N) is 4. The van der Waals surface area contributed by atoms with E-state index in [1.165, 1.54) is 36.5 Å². The lowest BCUT2D eigenvalue weighted by Gasteiger charge is -2.21. The molecular formula is C17H21ClN4O4. The van der Waals surface area contributed by atoms with Crippen LogP contribution in [0.2, 0.25) is 0 Å². The largest absolute Gasteiger partial charge is 0.506 e. The van der Waals surface area contributed by atoms with Gasteiger partial charge in [0.25, 0.3) is 11.1 Å². The van der Waals surface area contributed by atoms with Gasteiger partial charge in [-0.15, -0.1) is 11.6 Å². The molecule has 2 aromatic heterocycles. The number of hydrogen-bond acceptors (Lipinski definition) is 5. The highest BCUT2D eigenvalue weighted by molar-refractivity contribution is 6.20. The van der Waals surface area contributed by atoms with Gasteiger partial charge in [-0.25, -0.2) is 4.79 Å². The van der Waals surface area contributed by atoms with Gasteiger partial charge in [-0.2, -0.15) is 0 Å². The van der Waals surface area contributed by atoms with Gasteiger partial charge in [-0.05, 0) is 25.7 Å². The number of alkyl halides is 1. The third kappa shape index (κ3) is 2.88. The first kappa shape index (κ1) is 18.4. The predicted octanol–water partition coefficient (Wildman–Crippen LogP) is 0.610. The number of rotatable bonds is 2. The summed E-state index contributed by atoms with van der Waals surface area (Å²) in [5, 5.41) is 10.7. The number of pyridine rings is 1. The van der Waals surface area contributed by atoms with E-state index in [1.54, 1.807) is 0 Å². The molecule has 1 N–H and O–H groups in total. The molecule has 1 fully saturated rings. The molecule has 0 unspecified atom stereocenters. The third-order valence-electron chi connectivity index (χ3n) is 5.02. The fourth-order valence-electron chi connectivity index (χ4n) is 3.43. The van der Waals surface area contributed by atoms with Crippen molar-refractivity contribution in [3.05, 3.63) is 36.8 Å². The molecule has 0 radical (unpaired) electrons. The SMILES string of the molecule is Cn1c(=O)c2c(O)c(C=NC3CCC(Cl)CC3)c(=O)n(C)c2n(C)c1=O. The van der Waals surface area contributed by atoms with E-state index in [1.807, 2.05) is 0 Å². The van der Waals surface area contributed by atoms with E-state index >= 15 is 0 Å². The Labute approximate surface area is 154 Å². The summed E-state index contributed by atoms with van der Waals surface area (Å²) in [5.41, 5.74) is -1.73. The van der Waals surface area contributed by atoms with Crippen LogP contribution in [-0.4, -0.2) is 36.4 Å². The lowest BCUT2D eigenvalue weighted by molar-refractivity contribution is 0.449. The van der Waals surface area contributed by atoms with Crippen molar-refractivity contribution in [2.75, 3.05) is 0 Å². The van der Waals surface area contributed by atoms with Crippen molar-refractivity contribution in [3.8, 4) is 5.75 Å². The Morgan fingerprint density at radius 2 is 1.62 bits per heavy atom. The topological polar surface area (TPSA) is 98.6 Å². The summed E-state index contributed by atoms with van der Waals surface area (Å²) in [4.78, 5) is 41.7. The first-order valence-electron chi connectivity index (χ1n) is 8.43. The highest BCUT2D eigenvalue weighted by atomic mass is 35.5. The molecule has 0 amide bonds. The minimum Gasteiger partial charge on any atom is -0.506 e. The third-order valence-corrected chi connectivity index (χ3v) is 5.46. The number of halogens is 1. The second-order valence-electron chi connectivity index (χ2n) is 6.71. The van der Waals surface area contributed by atoms with Crippen molar-refractivity contribution in [2.24, 2.45) is 26.1 Å². The van der Waals surface area contributed by atoms with Gasteiger partial charge in [0.1, 0.15) is 22.3 Å². The highest BCUT2D eigenvalue weighted by Gasteiger charge is 2.22. The van der Waals surface area contributed by atoms with E-state index < -0.39 is 22.6 Å². The van der Waals surface area contributed by atoms with Gasteiger partial charge in [0.05, 0.1) is 6.04 Å². The number of hydrogen-bond donors (Lipinski definition) is 1. The summed E-state index contributed by atoms with van der Waals surface area (Å²) in [7, 11) is 4.23. The van der Waals surface area contributed by atoms with Gasteiger partial charge in [-0.3, -0.25) is 28.3 Å². The van der Waals surface area contributed by atoms with Crippen molar-refractivity contribution >= 4 is 28.8 Å². The molecule has 0 atom stereocenters.